The average molecular weight is 199 g/mol. The summed E-state index contributed by atoms with van der Waals surface area (Å²) in [5, 5.41) is 11.7. The van der Waals surface area contributed by atoms with Crippen LogP contribution in [0.3, 0.4) is 0 Å². The number of hydrogen-bond acceptors (Lipinski definition) is 2. The van der Waals surface area contributed by atoms with E-state index in [0.717, 1.165) is 0 Å². The van der Waals surface area contributed by atoms with Gasteiger partial charge in [-0.05, 0) is 37.2 Å². The summed E-state index contributed by atoms with van der Waals surface area (Å²) in [6.45, 7) is 0.651. The summed E-state index contributed by atoms with van der Waals surface area (Å²) >= 11 is 0. The highest BCUT2D eigenvalue weighted by molar-refractivity contribution is 5.30. The molecular weight excluding hydrogens is 188 g/mol. The molecule has 2 nitrogen and oxygen atoms in total. The van der Waals surface area contributed by atoms with Crippen LogP contribution in [0.2, 0.25) is 0 Å². The van der Waals surface area contributed by atoms with E-state index >= 15 is 0 Å². The van der Waals surface area contributed by atoms with Gasteiger partial charge in [0, 0.05) is 5.56 Å². The molecule has 1 aromatic carbocycles. The molecule has 1 unspecified atom stereocenters. The second-order valence-corrected chi connectivity index (χ2v) is 3.47. The van der Waals surface area contributed by atoms with Crippen molar-refractivity contribution in [1.29, 1.82) is 0 Å². The molecular formula is C10H11F2NO. The Labute approximate surface area is 80.6 Å². The van der Waals surface area contributed by atoms with Crippen molar-refractivity contribution in [2.24, 2.45) is 0 Å². The minimum absolute atomic E-state index is 0.00567. The molecule has 0 bridgehead atoms. The summed E-state index contributed by atoms with van der Waals surface area (Å²) in [5.74, 6) is -2.84. The van der Waals surface area contributed by atoms with E-state index in [2.05, 4.69) is 5.32 Å². The number of alkyl halides is 2. The second-order valence-electron chi connectivity index (χ2n) is 3.47. The molecule has 0 radical (unpaired) electrons. The summed E-state index contributed by atoms with van der Waals surface area (Å²) in [4.78, 5) is 0. The molecule has 14 heavy (non-hydrogen) atoms. The van der Waals surface area contributed by atoms with Gasteiger partial charge in [0.2, 0.25) is 0 Å². The lowest BCUT2D eigenvalue weighted by Crippen LogP contribution is -2.52. The van der Waals surface area contributed by atoms with Crippen LogP contribution in [0.15, 0.2) is 24.3 Å². The number of halogens is 2. The molecule has 0 saturated carbocycles. The lowest BCUT2D eigenvalue weighted by molar-refractivity contribution is -0.0646. The van der Waals surface area contributed by atoms with Crippen LogP contribution in [0.1, 0.15) is 12.0 Å². The first-order valence-corrected chi connectivity index (χ1v) is 4.51. The van der Waals surface area contributed by atoms with E-state index in [0.29, 0.717) is 13.0 Å². The second kappa shape index (κ2) is 3.20. The third-order valence-corrected chi connectivity index (χ3v) is 2.51. The van der Waals surface area contributed by atoms with Gasteiger partial charge in [-0.3, -0.25) is 0 Å². The SMILES string of the molecule is Oc1ccc(C(F)(F)C2CCN2)cc1. The standard InChI is InChI=1S/C10H11F2NO/c11-10(12,9-5-6-13-9)7-1-3-8(14)4-2-7/h1-4,9,13-14H,5-6H2. The quantitative estimate of drug-likeness (QED) is 0.761. The fraction of sp³-hybridized carbons (Fsp3) is 0.400. The monoisotopic (exact) mass is 199 g/mol. The van der Waals surface area contributed by atoms with E-state index in [4.69, 9.17) is 5.11 Å². The molecule has 1 fully saturated rings. The topological polar surface area (TPSA) is 32.3 Å². The Balaban J connectivity index is 2.23. The van der Waals surface area contributed by atoms with E-state index in [1.165, 1.54) is 24.3 Å². The molecule has 0 spiro atoms. The van der Waals surface area contributed by atoms with Crippen molar-refractivity contribution in [3.05, 3.63) is 29.8 Å². The predicted molar refractivity (Wildman–Crippen MR) is 48.4 cm³/mol. The van der Waals surface area contributed by atoms with Gasteiger partial charge in [-0.15, -0.1) is 0 Å². The van der Waals surface area contributed by atoms with Crippen molar-refractivity contribution in [3.8, 4) is 5.75 Å². The zero-order chi connectivity index (χ0) is 10.2. The summed E-state index contributed by atoms with van der Waals surface area (Å²) in [7, 11) is 0. The molecule has 1 atom stereocenters. The lowest BCUT2D eigenvalue weighted by Gasteiger charge is -2.35. The number of phenols is 1. The third-order valence-electron chi connectivity index (χ3n) is 2.51. The fourth-order valence-electron chi connectivity index (χ4n) is 1.48. The molecule has 1 aliphatic rings. The summed E-state index contributed by atoms with van der Waals surface area (Å²) in [5.41, 5.74) is -0.0486. The van der Waals surface area contributed by atoms with Gasteiger partial charge in [-0.25, -0.2) is 0 Å². The van der Waals surface area contributed by atoms with Crippen LogP contribution < -0.4 is 5.32 Å². The van der Waals surface area contributed by atoms with Gasteiger partial charge in [0.1, 0.15) is 5.75 Å². The molecule has 0 amide bonds. The predicted octanol–water partition coefficient (Wildman–Crippen LogP) is 1.85. The zero-order valence-electron chi connectivity index (χ0n) is 7.50. The lowest BCUT2D eigenvalue weighted by atomic mass is 9.94. The Morgan fingerprint density at radius 2 is 1.86 bits per heavy atom. The van der Waals surface area contributed by atoms with Crippen LogP contribution in [0.25, 0.3) is 0 Å². The Kier molecular flexibility index (Phi) is 2.15. The molecule has 4 heteroatoms. The van der Waals surface area contributed by atoms with Crippen molar-refractivity contribution in [2.75, 3.05) is 6.54 Å². The number of rotatable bonds is 2. The maximum atomic E-state index is 13.6. The molecule has 1 heterocycles. The van der Waals surface area contributed by atoms with Crippen LogP contribution in [0.4, 0.5) is 8.78 Å². The van der Waals surface area contributed by atoms with Crippen LogP contribution in [0, 0.1) is 0 Å². The van der Waals surface area contributed by atoms with Crippen molar-refractivity contribution in [1.82, 2.24) is 5.32 Å². The van der Waals surface area contributed by atoms with Crippen molar-refractivity contribution >= 4 is 0 Å². The molecule has 76 valence electrons. The number of phenolic OH excluding ortho intramolecular Hbond substituents is 1. The number of aromatic hydroxyl groups is 1. The van der Waals surface area contributed by atoms with E-state index in [1.807, 2.05) is 0 Å². The molecule has 1 saturated heterocycles. The van der Waals surface area contributed by atoms with Gasteiger partial charge in [0.25, 0.3) is 5.92 Å². The fourth-order valence-corrected chi connectivity index (χ4v) is 1.48. The minimum Gasteiger partial charge on any atom is -0.508 e. The van der Waals surface area contributed by atoms with Gasteiger partial charge in [0.05, 0.1) is 6.04 Å². The normalized spacial score (nSPS) is 21.7. The first kappa shape index (κ1) is 9.40. The Morgan fingerprint density at radius 3 is 2.29 bits per heavy atom. The maximum absolute atomic E-state index is 13.6. The zero-order valence-corrected chi connectivity index (χ0v) is 7.50. The van der Waals surface area contributed by atoms with Crippen molar-refractivity contribution in [2.45, 2.75) is 18.4 Å². The molecule has 1 aliphatic heterocycles. The maximum Gasteiger partial charge on any atom is 0.288 e. The average Bonchev–Trinajstić information content (AvgIpc) is 2.00. The van der Waals surface area contributed by atoms with Gasteiger partial charge >= 0.3 is 0 Å². The largest absolute Gasteiger partial charge is 0.508 e. The van der Waals surface area contributed by atoms with Crippen molar-refractivity contribution < 1.29 is 13.9 Å². The Bertz CT molecular complexity index is 319. The van der Waals surface area contributed by atoms with Crippen LogP contribution in [-0.2, 0) is 5.92 Å². The number of benzene rings is 1. The molecule has 1 aromatic rings. The number of nitrogens with one attached hydrogen (secondary N) is 1. The van der Waals surface area contributed by atoms with Crippen LogP contribution in [-0.4, -0.2) is 17.7 Å². The van der Waals surface area contributed by atoms with E-state index in [-0.39, 0.29) is 11.3 Å². The van der Waals surface area contributed by atoms with Gasteiger partial charge < -0.3 is 10.4 Å². The first-order chi connectivity index (χ1) is 6.60. The Morgan fingerprint density at radius 1 is 1.29 bits per heavy atom. The van der Waals surface area contributed by atoms with Gasteiger partial charge in [-0.1, -0.05) is 0 Å². The molecule has 2 rings (SSSR count). The summed E-state index contributed by atoms with van der Waals surface area (Å²) < 4.78 is 27.2. The molecule has 0 aromatic heterocycles. The van der Waals surface area contributed by atoms with Crippen LogP contribution in [0.5, 0.6) is 5.75 Å². The summed E-state index contributed by atoms with van der Waals surface area (Å²) in [6, 6.07) is 4.32. The van der Waals surface area contributed by atoms with E-state index < -0.39 is 12.0 Å². The Hall–Kier alpha value is -1.16. The first-order valence-electron chi connectivity index (χ1n) is 4.51. The van der Waals surface area contributed by atoms with Crippen molar-refractivity contribution in [3.63, 3.8) is 0 Å². The van der Waals surface area contributed by atoms with Gasteiger partial charge in [0.15, 0.2) is 0 Å². The number of hydrogen-bond donors (Lipinski definition) is 2. The van der Waals surface area contributed by atoms with Gasteiger partial charge in [-0.2, -0.15) is 8.78 Å². The minimum atomic E-state index is -2.84. The van der Waals surface area contributed by atoms with E-state index in [1.54, 1.807) is 0 Å². The highest BCUT2D eigenvalue weighted by Gasteiger charge is 2.44. The third kappa shape index (κ3) is 1.46. The summed E-state index contributed by atoms with van der Waals surface area (Å²) in [6.07, 6.45) is 0.494. The van der Waals surface area contributed by atoms with E-state index in [9.17, 15) is 8.78 Å². The smallest absolute Gasteiger partial charge is 0.288 e. The van der Waals surface area contributed by atoms with Crippen LogP contribution >= 0.6 is 0 Å². The molecule has 2 N–H and O–H groups in total. The highest BCUT2D eigenvalue weighted by Crippen LogP contribution is 2.36. The molecule has 0 aliphatic carbocycles. The highest BCUT2D eigenvalue weighted by atomic mass is 19.3.